The first kappa shape index (κ1) is 22.4. The highest BCUT2D eigenvalue weighted by Crippen LogP contribution is 2.29. The quantitative estimate of drug-likeness (QED) is 0.483. The van der Waals surface area contributed by atoms with Crippen molar-refractivity contribution in [2.45, 2.75) is 26.4 Å². The Bertz CT molecular complexity index is 890. The van der Waals surface area contributed by atoms with Crippen molar-refractivity contribution in [1.29, 1.82) is 0 Å². The third-order valence-electron chi connectivity index (χ3n) is 4.42. The summed E-state index contributed by atoms with van der Waals surface area (Å²) in [7, 11) is 3.40. The molecule has 2 rings (SSSR count). The summed E-state index contributed by atoms with van der Waals surface area (Å²) in [5.41, 5.74) is 1.15. The van der Waals surface area contributed by atoms with E-state index in [9.17, 15) is 14.9 Å². The van der Waals surface area contributed by atoms with E-state index in [0.717, 1.165) is 5.56 Å². The van der Waals surface area contributed by atoms with Crippen LogP contribution in [0, 0.1) is 10.1 Å². The second-order valence-electron chi connectivity index (χ2n) is 6.42. The van der Waals surface area contributed by atoms with Gasteiger partial charge in [-0.05, 0) is 44.7 Å². The number of amides is 1. The molecule has 1 N–H and O–H groups in total. The van der Waals surface area contributed by atoms with Crippen LogP contribution >= 0.6 is 11.6 Å². The standard InChI is InChI=1S/C20H24ClN3O5/c1-5-29-18-9-6-14(10-19(18)28-4)12-23(3)13(2)20(25)22-17-8-7-15(24(26)27)11-16(17)21/h6-11,13H,5,12H2,1-4H3,(H,22,25)/t13-/m1/s1. The maximum atomic E-state index is 12.6. The summed E-state index contributed by atoms with van der Waals surface area (Å²) in [6.07, 6.45) is 0. The molecule has 0 aliphatic rings. The largest absolute Gasteiger partial charge is 0.493 e. The van der Waals surface area contributed by atoms with Crippen LogP contribution in [0.2, 0.25) is 5.02 Å². The third kappa shape index (κ3) is 5.82. The van der Waals surface area contributed by atoms with E-state index in [-0.39, 0.29) is 16.6 Å². The Morgan fingerprint density at radius 2 is 2.00 bits per heavy atom. The monoisotopic (exact) mass is 421 g/mol. The number of nitrogens with zero attached hydrogens (tertiary/aromatic N) is 2. The molecule has 2 aromatic rings. The number of halogens is 1. The molecular formula is C20H24ClN3O5. The van der Waals surface area contributed by atoms with E-state index in [0.29, 0.717) is 30.3 Å². The van der Waals surface area contributed by atoms with Crippen LogP contribution in [0.3, 0.4) is 0 Å². The first-order valence-corrected chi connectivity index (χ1v) is 9.39. The molecule has 0 saturated carbocycles. The molecule has 1 amide bonds. The minimum Gasteiger partial charge on any atom is -0.493 e. The van der Waals surface area contributed by atoms with Crippen LogP contribution in [0.15, 0.2) is 36.4 Å². The van der Waals surface area contributed by atoms with Crippen molar-refractivity contribution < 1.29 is 19.2 Å². The lowest BCUT2D eigenvalue weighted by Gasteiger charge is -2.24. The molecule has 0 aromatic heterocycles. The Hall–Kier alpha value is -2.84. The number of nitro groups is 1. The second kappa shape index (κ2) is 10.1. The number of hydrogen-bond acceptors (Lipinski definition) is 6. The summed E-state index contributed by atoms with van der Waals surface area (Å²) in [5, 5.41) is 13.6. The number of carbonyl (C=O) groups excluding carboxylic acids is 1. The summed E-state index contributed by atoms with van der Waals surface area (Å²) in [6, 6.07) is 9.08. The highest BCUT2D eigenvalue weighted by Gasteiger charge is 2.20. The molecule has 1 atom stereocenters. The molecule has 0 unspecified atom stereocenters. The Labute approximate surface area is 174 Å². The molecular weight excluding hydrogens is 398 g/mol. The number of rotatable bonds is 9. The van der Waals surface area contributed by atoms with Crippen LogP contribution in [0.1, 0.15) is 19.4 Å². The number of benzene rings is 2. The van der Waals surface area contributed by atoms with Crippen molar-refractivity contribution in [1.82, 2.24) is 4.90 Å². The zero-order valence-electron chi connectivity index (χ0n) is 16.8. The normalized spacial score (nSPS) is 11.8. The van der Waals surface area contributed by atoms with Gasteiger partial charge in [0.25, 0.3) is 5.69 Å². The number of carbonyl (C=O) groups is 1. The van der Waals surface area contributed by atoms with E-state index in [2.05, 4.69) is 5.32 Å². The number of likely N-dealkylation sites (N-methyl/N-ethyl adjacent to an activating group) is 1. The van der Waals surface area contributed by atoms with Crippen molar-refractivity contribution >= 4 is 28.9 Å². The number of hydrogen-bond donors (Lipinski definition) is 1. The SMILES string of the molecule is CCOc1ccc(CN(C)[C@H](C)C(=O)Nc2ccc([N+](=O)[O-])cc2Cl)cc1OC. The maximum absolute atomic E-state index is 12.6. The summed E-state index contributed by atoms with van der Waals surface area (Å²) in [5.74, 6) is 1.02. The Kier molecular flexibility index (Phi) is 7.81. The predicted molar refractivity (Wildman–Crippen MR) is 112 cm³/mol. The van der Waals surface area contributed by atoms with E-state index in [1.807, 2.05) is 37.1 Å². The van der Waals surface area contributed by atoms with Crippen LogP contribution < -0.4 is 14.8 Å². The van der Waals surface area contributed by atoms with Crippen molar-refractivity contribution in [2.24, 2.45) is 0 Å². The number of anilines is 1. The van der Waals surface area contributed by atoms with Gasteiger partial charge < -0.3 is 14.8 Å². The highest BCUT2D eigenvalue weighted by molar-refractivity contribution is 6.34. The van der Waals surface area contributed by atoms with Gasteiger partial charge in [0.2, 0.25) is 5.91 Å². The Morgan fingerprint density at radius 1 is 1.28 bits per heavy atom. The maximum Gasteiger partial charge on any atom is 0.271 e. The van der Waals surface area contributed by atoms with Gasteiger partial charge in [0.1, 0.15) is 0 Å². The van der Waals surface area contributed by atoms with Gasteiger partial charge in [-0.25, -0.2) is 0 Å². The molecule has 0 aliphatic carbocycles. The summed E-state index contributed by atoms with van der Waals surface area (Å²) >= 11 is 6.05. The van der Waals surface area contributed by atoms with Gasteiger partial charge in [-0.2, -0.15) is 0 Å². The van der Waals surface area contributed by atoms with Gasteiger partial charge in [-0.1, -0.05) is 17.7 Å². The molecule has 9 heteroatoms. The minimum atomic E-state index is -0.543. The minimum absolute atomic E-state index is 0.110. The highest BCUT2D eigenvalue weighted by atomic mass is 35.5. The summed E-state index contributed by atoms with van der Waals surface area (Å²) in [4.78, 5) is 24.7. The molecule has 0 bridgehead atoms. The second-order valence-corrected chi connectivity index (χ2v) is 6.83. The summed E-state index contributed by atoms with van der Waals surface area (Å²) in [6.45, 7) is 4.71. The zero-order valence-corrected chi connectivity index (χ0v) is 17.5. The van der Waals surface area contributed by atoms with E-state index < -0.39 is 11.0 Å². The van der Waals surface area contributed by atoms with E-state index in [1.165, 1.54) is 18.2 Å². The van der Waals surface area contributed by atoms with Crippen molar-refractivity contribution in [3.63, 3.8) is 0 Å². The number of non-ortho nitro benzene ring substituents is 1. The third-order valence-corrected chi connectivity index (χ3v) is 4.73. The predicted octanol–water partition coefficient (Wildman–Crippen LogP) is 4.11. The molecule has 8 nitrogen and oxygen atoms in total. The first-order valence-electron chi connectivity index (χ1n) is 9.01. The fraction of sp³-hybridized carbons (Fsp3) is 0.350. The lowest BCUT2D eigenvalue weighted by atomic mass is 10.1. The molecule has 29 heavy (non-hydrogen) atoms. The van der Waals surface area contributed by atoms with Gasteiger partial charge in [-0.15, -0.1) is 0 Å². The lowest BCUT2D eigenvalue weighted by Crippen LogP contribution is -2.39. The topological polar surface area (TPSA) is 93.9 Å². The van der Waals surface area contributed by atoms with Gasteiger partial charge >= 0.3 is 0 Å². The van der Waals surface area contributed by atoms with Gasteiger partial charge in [-0.3, -0.25) is 19.8 Å². The van der Waals surface area contributed by atoms with Crippen LogP contribution in [-0.2, 0) is 11.3 Å². The van der Waals surface area contributed by atoms with Crippen LogP contribution in [-0.4, -0.2) is 42.5 Å². The smallest absolute Gasteiger partial charge is 0.271 e. The number of methoxy groups -OCH3 is 1. The lowest BCUT2D eigenvalue weighted by molar-refractivity contribution is -0.384. The fourth-order valence-corrected chi connectivity index (χ4v) is 2.89. The number of nitro benzene ring substituents is 1. The average Bonchev–Trinajstić information content (AvgIpc) is 2.69. The van der Waals surface area contributed by atoms with Crippen LogP contribution in [0.4, 0.5) is 11.4 Å². The Morgan fingerprint density at radius 3 is 2.59 bits per heavy atom. The van der Waals surface area contributed by atoms with E-state index >= 15 is 0 Å². The number of nitrogens with one attached hydrogen (secondary N) is 1. The molecule has 0 fully saturated rings. The van der Waals surface area contributed by atoms with Gasteiger partial charge in [0.05, 0.1) is 35.4 Å². The Balaban J connectivity index is 2.05. The van der Waals surface area contributed by atoms with Crippen molar-refractivity contribution in [3.8, 4) is 11.5 Å². The molecule has 0 radical (unpaired) electrons. The van der Waals surface area contributed by atoms with Gasteiger partial charge in [0.15, 0.2) is 11.5 Å². The molecule has 0 saturated heterocycles. The van der Waals surface area contributed by atoms with E-state index in [1.54, 1.807) is 14.0 Å². The molecule has 156 valence electrons. The average molecular weight is 422 g/mol. The molecule has 2 aromatic carbocycles. The first-order chi connectivity index (χ1) is 13.8. The molecule has 0 aliphatic heterocycles. The fourth-order valence-electron chi connectivity index (χ4n) is 2.67. The van der Waals surface area contributed by atoms with Crippen LogP contribution in [0.5, 0.6) is 11.5 Å². The van der Waals surface area contributed by atoms with E-state index in [4.69, 9.17) is 21.1 Å². The van der Waals surface area contributed by atoms with Crippen LogP contribution in [0.25, 0.3) is 0 Å². The summed E-state index contributed by atoms with van der Waals surface area (Å²) < 4.78 is 10.9. The van der Waals surface area contributed by atoms with Gasteiger partial charge in [0, 0.05) is 18.7 Å². The zero-order chi connectivity index (χ0) is 21.6. The molecule has 0 spiro atoms. The van der Waals surface area contributed by atoms with Crippen molar-refractivity contribution in [3.05, 3.63) is 57.1 Å². The number of ether oxygens (including phenoxy) is 2. The van der Waals surface area contributed by atoms with Crippen molar-refractivity contribution in [2.75, 3.05) is 26.1 Å². The molecule has 0 heterocycles.